The molecule has 150 valence electrons. The van der Waals surface area contributed by atoms with Crippen LogP contribution in [-0.4, -0.2) is 46.2 Å². The smallest absolute Gasteiger partial charge is 0.328 e. The SMILES string of the molecule is C[C@H](NC(O)OC(C)(C)C)C(=O)N[C@H](/C=C/C(=O)O)CCc1ccccc1. The van der Waals surface area contributed by atoms with E-state index < -0.39 is 30.1 Å². The van der Waals surface area contributed by atoms with Gasteiger partial charge in [-0.25, -0.2) is 4.79 Å². The van der Waals surface area contributed by atoms with Crippen molar-refractivity contribution >= 4 is 11.9 Å². The minimum absolute atomic E-state index is 0.361. The van der Waals surface area contributed by atoms with E-state index >= 15 is 0 Å². The summed E-state index contributed by atoms with van der Waals surface area (Å²) in [6.07, 6.45) is 2.42. The Labute approximate surface area is 160 Å². The molecule has 0 heterocycles. The minimum Gasteiger partial charge on any atom is -0.478 e. The monoisotopic (exact) mass is 378 g/mol. The fourth-order valence-electron chi connectivity index (χ4n) is 2.35. The largest absolute Gasteiger partial charge is 0.478 e. The van der Waals surface area contributed by atoms with E-state index in [-0.39, 0.29) is 5.91 Å². The molecule has 0 saturated carbocycles. The number of hydrogen-bond donors (Lipinski definition) is 4. The third-order valence-electron chi connectivity index (χ3n) is 3.64. The lowest BCUT2D eigenvalue weighted by atomic mass is 10.0. The number of ether oxygens (including phenoxy) is 1. The van der Waals surface area contributed by atoms with E-state index in [2.05, 4.69) is 10.6 Å². The highest BCUT2D eigenvalue weighted by atomic mass is 16.6. The Kier molecular flexibility index (Phi) is 9.14. The number of carboxylic acid groups (broad SMARTS) is 1. The van der Waals surface area contributed by atoms with Crippen LogP contribution in [0.2, 0.25) is 0 Å². The molecule has 0 aliphatic heterocycles. The Morgan fingerprint density at radius 3 is 2.41 bits per heavy atom. The van der Waals surface area contributed by atoms with Crippen molar-refractivity contribution in [2.75, 3.05) is 0 Å². The first kappa shape index (κ1) is 22.8. The maximum absolute atomic E-state index is 12.4. The second-order valence-corrected chi connectivity index (χ2v) is 7.31. The topological polar surface area (TPSA) is 108 Å². The molecular weight excluding hydrogens is 348 g/mol. The van der Waals surface area contributed by atoms with E-state index in [1.807, 2.05) is 30.3 Å². The number of aliphatic hydroxyl groups is 1. The van der Waals surface area contributed by atoms with Crippen LogP contribution < -0.4 is 10.6 Å². The predicted octanol–water partition coefficient (Wildman–Crippen LogP) is 1.81. The zero-order valence-electron chi connectivity index (χ0n) is 16.3. The fourth-order valence-corrected chi connectivity index (χ4v) is 2.35. The van der Waals surface area contributed by atoms with Gasteiger partial charge < -0.3 is 20.3 Å². The molecule has 1 rings (SSSR count). The molecule has 0 aliphatic rings. The van der Waals surface area contributed by atoms with Crippen LogP contribution in [0.4, 0.5) is 0 Å². The Balaban J connectivity index is 2.64. The van der Waals surface area contributed by atoms with Gasteiger partial charge in [0.25, 0.3) is 0 Å². The summed E-state index contributed by atoms with van der Waals surface area (Å²) in [6, 6.07) is 8.57. The molecule has 0 fully saturated rings. The maximum atomic E-state index is 12.4. The van der Waals surface area contributed by atoms with E-state index in [4.69, 9.17) is 9.84 Å². The molecule has 1 amide bonds. The van der Waals surface area contributed by atoms with Crippen LogP contribution in [-0.2, 0) is 20.7 Å². The summed E-state index contributed by atoms with van der Waals surface area (Å²) in [5.41, 5.74) is 0.533. The first-order valence-electron chi connectivity index (χ1n) is 8.94. The highest BCUT2D eigenvalue weighted by molar-refractivity contribution is 5.82. The highest BCUT2D eigenvalue weighted by Crippen LogP contribution is 2.09. The lowest BCUT2D eigenvalue weighted by molar-refractivity contribution is -0.186. The number of aryl methyl sites for hydroxylation is 1. The van der Waals surface area contributed by atoms with Gasteiger partial charge in [0, 0.05) is 12.1 Å². The van der Waals surface area contributed by atoms with Gasteiger partial charge in [-0.2, -0.15) is 0 Å². The van der Waals surface area contributed by atoms with Crippen LogP contribution in [0, 0.1) is 0 Å². The predicted molar refractivity (Wildman–Crippen MR) is 103 cm³/mol. The first-order chi connectivity index (χ1) is 12.6. The van der Waals surface area contributed by atoms with Gasteiger partial charge in [0.15, 0.2) is 0 Å². The van der Waals surface area contributed by atoms with Crippen LogP contribution in [0.5, 0.6) is 0 Å². The molecule has 3 atom stereocenters. The summed E-state index contributed by atoms with van der Waals surface area (Å²) in [6.45, 7) is 6.97. The summed E-state index contributed by atoms with van der Waals surface area (Å²) >= 11 is 0. The Morgan fingerprint density at radius 1 is 1.22 bits per heavy atom. The van der Waals surface area contributed by atoms with Crippen molar-refractivity contribution < 1.29 is 24.5 Å². The number of aliphatic carboxylic acids is 1. The van der Waals surface area contributed by atoms with Gasteiger partial charge in [-0.15, -0.1) is 0 Å². The molecule has 0 aromatic heterocycles. The highest BCUT2D eigenvalue weighted by Gasteiger charge is 2.22. The van der Waals surface area contributed by atoms with Crippen molar-refractivity contribution in [3.05, 3.63) is 48.0 Å². The van der Waals surface area contributed by atoms with Crippen LogP contribution in [0.3, 0.4) is 0 Å². The molecule has 0 bridgehead atoms. The molecule has 0 radical (unpaired) electrons. The van der Waals surface area contributed by atoms with Crippen molar-refractivity contribution in [3.63, 3.8) is 0 Å². The zero-order valence-corrected chi connectivity index (χ0v) is 16.3. The third-order valence-corrected chi connectivity index (χ3v) is 3.64. The summed E-state index contributed by atoms with van der Waals surface area (Å²) in [5.74, 6) is -1.44. The van der Waals surface area contributed by atoms with E-state index in [1.165, 1.54) is 6.08 Å². The summed E-state index contributed by atoms with van der Waals surface area (Å²) in [5, 5.41) is 24.2. The average Bonchev–Trinajstić information content (AvgIpc) is 2.56. The van der Waals surface area contributed by atoms with Crippen molar-refractivity contribution in [1.29, 1.82) is 0 Å². The van der Waals surface area contributed by atoms with Gasteiger partial charge in [-0.3, -0.25) is 10.1 Å². The number of rotatable bonds is 10. The van der Waals surface area contributed by atoms with Gasteiger partial charge in [0.05, 0.1) is 11.6 Å². The van der Waals surface area contributed by atoms with E-state index in [0.717, 1.165) is 11.6 Å². The van der Waals surface area contributed by atoms with Gasteiger partial charge in [0.1, 0.15) is 0 Å². The lowest BCUT2D eigenvalue weighted by Gasteiger charge is -2.27. The number of hydrogen-bond acceptors (Lipinski definition) is 5. The van der Waals surface area contributed by atoms with Crippen LogP contribution >= 0.6 is 0 Å². The standard InChI is InChI=1S/C20H30N2O5/c1-14(21-19(26)27-20(2,3)4)18(25)22-16(12-13-17(23)24)11-10-15-8-6-5-7-9-15/h5-9,12-14,16,19,21,26H,10-11H2,1-4H3,(H,22,25)(H,23,24)/b13-12+/t14-,16-,19?/m0/s1. The fraction of sp³-hybridized carbons (Fsp3) is 0.500. The molecule has 1 aromatic rings. The number of nitrogens with one attached hydrogen (secondary N) is 2. The third kappa shape index (κ3) is 10.5. The van der Waals surface area contributed by atoms with Crippen LogP contribution in [0.25, 0.3) is 0 Å². The molecule has 7 heteroatoms. The second-order valence-electron chi connectivity index (χ2n) is 7.31. The summed E-state index contributed by atoms with van der Waals surface area (Å²) < 4.78 is 5.32. The minimum atomic E-state index is -1.29. The number of aliphatic hydroxyl groups excluding tert-OH is 1. The van der Waals surface area contributed by atoms with Gasteiger partial charge in [-0.1, -0.05) is 36.4 Å². The molecule has 7 nitrogen and oxygen atoms in total. The first-order valence-corrected chi connectivity index (χ1v) is 8.94. The summed E-state index contributed by atoms with van der Waals surface area (Å²) in [7, 11) is 0. The maximum Gasteiger partial charge on any atom is 0.328 e. The number of carbonyl (C=O) groups excluding carboxylic acids is 1. The van der Waals surface area contributed by atoms with E-state index in [0.29, 0.717) is 12.8 Å². The number of carboxylic acids is 1. The molecule has 4 N–H and O–H groups in total. The van der Waals surface area contributed by atoms with Gasteiger partial charge in [0.2, 0.25) is 12.3 Å². The van der Waals surface area contributed by atoms with Crippen molar-refractivity contribution in [3.8, 4) is 0 Å². The lowest BCUT2D eigenvalue weighted by Crippen LogP contribution is -2.51. The average molecular weight is 378 g/mol. The molecule has 0 saturated heterocycles. The molecule has 1 unspecified atom stereocenters. The molecule has 0 aliphatic carbocycles. The van der Waals surface area contributed by atoms with Crippen molar-refractivity contribution in [1.82, 2.24) is 10.6 Å². The molecule has 0 spiro atoms. The Hall–Kier alpha value is -2.22. The molecule has 1 aromatic carbocycles. The summed E-state index contributed by atoms with van der Waals surface area (Å²) in [4.78, 5) is 23.2. The quantitative estimate of drug-likeness (QED) is 0.365. The Morgan fingerprint density at radius 2 is 1.85 bits per heavy atom. The van der Waals surface area contributed by atoms with Crippen LogP contribution in [0.1, 0.15) is 39.7 Å². The zero-order chi connectivity index (χ0) is 20.4. The van der Waals surface area contributed by atoms with Gasteiger partial charge in [-0.05, 0) is 46.1 Å². The van der Waals surface area contributed by atoms with Crippen LogP contribution in [0.15, 0.2) is 42.5 Å². The van der Waals surface area contributed by atoms with Crippen molar-refractivity contribution in [2.24, 2.45) is 0 Å². The van der Waals surface area contributed by atoms with Crippen molar-refractivity contribution in [2.45, 2.75) is 64.6 Å². The number of benzene rings is 1. The molecular formula is C20H30N2O5. The van der Waals surface area contributed by atoms with E-state index in [1.54, 1.807) is 27.7 Å². The number of carbonyl (C=O) groups is 2. The Bertz CT molecular complexity index is 625. The second kappa shape index (κ2) is 10.8. The van der Waals surface area contributed by atoms with E-state index in [9.17, 15) is 14.7 Å². The normalized spacial score (nSPS) is 15.3. The van der Waals surface area contributed by atoms with Gasteiger partial charge >= 0.3 is 5.97 Å². The number of amides is 1. The molecule has 27 heavy (non-hydrogen) atoms.